The molecule has 5 nitrogen and oxygen atoms in total. The van der Waals surface area contributed by atoms with E-state index in [9.17, 15) is 4.79 Å². The molecule has 22 heavy (non-hydrogen) atoms. The summed E-state index contributed by atoms with van der Waals surface area (Å²) in [5.41, 5.74) is 2.03. The van der Waals surface area contributed by atoms with Gasteiger partial charge in [0.15, 0.2) is 5.82 Å². The number of carbonyl (C=O) groups excluding carboxylic acids is 1. The van der Waals surface area contributed by atoms with Crippen LogP contribution in [0.25, 0.3) is 11.4 Å². The molecule has 3 rings (SSSR count). The van der Waals surface area contributed by atoms with Gasteiger partial charge in [-0.25, -0.2) is 9.97 Å². The van der Waals surface area contributed by atoms with Crippen molar-refractivity contribution in [1.29, 1.82) is 0 Å². The second kappa shape index (κ2) is 6.13. The van der Waals surface area contributed by atoms with E-state index in [1.165, 1.54) is 0 Å². The minimum absolute atomic E-state index is 0.0166. The number of benzene rings is 1. The molecule has 0 saturated carbocycles. The Morgan fingerprint density at radius 1 is 1.32 bits per heavy atom. The average Bonchev–Trinajstić information content (AvgIpc) is 2.96. The van der Waals surface area contributed by atoms with Gasteiger partial charge in [-0.2, -0.15) is 0 Å². The highest BCUT2D eigenvalue weighted by atomic mass is 16.5. The number of aromatic nitrogens is 2. The standard InChI is InChI=1S/C17H19N3O2/c1-11(2)17(21)20-10-13-9-12-5-3-6-14(15(12)22-13)16-18-7-4-8-19-16/h3-8,11,13H,9-10H2,1-2H3,(H,20,21)/t13-/m1/s1. The largest absolute Gasteiger partial charge is 0.487 e. The van der Waals surface area contributed by atoms with E-state index >= 15 is 0 Å². The number of rotatable bonds is 4. The van der Waals surface area contributed by atoms with Crippen molar-refractivity contribution in [3.8, 4) is 17.1 Å². The predicted octanol–water partition coefficient (Wildman–Crippen LogP) is 2.22. The van der Waals surface area contributed by atoms with E-state index in [0.717, 1.165) is 23.3 Å². The molecule has 2 aromatic rings. The van der Waals surface area contributed by atoms with Crippen LogP contribution in [0.2, 0.25) is 0 Å². The van der Waals surface area contributed by atoms with E-state index in [2.05, 4.69) is 15.3 Å². The lowest BCUT2D eigenvalue weighted by Gasteiger charge is -2.14. The maximum Gasteiger partial charge on any atom is 0.222 e. The average molecular weight is 297 g/mol. The van der Waals surface area contributed by atoms with Crippen LogP contribution >= 0.6 is 0 Å². The first kappa shape index (κ1) is 14.5. The fourth-order valence-electron chi connectivity index (χ4n) is 2.49. The summed E-state index contributed by atoms with van der Waals surface area (Å²) in [6, 6.07) is 7.79. The minimum atomic E-state index is -0.0393. The molecule has 1 amide bonds. The van der Waals surface area contributed by atoms with Crippen LogP contribution in [0.4, 0.5) is 0 Å². The number of nitrogens with one attached hydrogen (secondary N) is 1. The summed E-state index contributed by atoms with van der Waals surface area (Å²) in [5, 5.41) is 2.92. The zero-order valence-corrected chi connectivity index (χ0v) is 12.7. The normalized spacial score (nSPS) is 16.2. The molecule has 1 aromatic carbocycles. The van der Waals surface area contributed by atoms with Crippen LogP contribution in [0.1, 0.15) is 19.4 Å². The molecule has 0 spiro atoms. The summed E-state index contributed by atoms with van der Waals surface area (Å²) >= 11 is 0. The van der Waals surface area contributed by atoms with Crippen molar-refractivity contribution in [3.63, 3.8) is 0 Å². The molecule has 1 aliphatic heterocycles. The van der Waals surface area contributed by atoms with Gasteiger partial charge in [-0.3, -0.25) is 4.79 Å². The first-order valence-corrected chi connectivity index (χ1v) is 7.49. The van der Waals surface area contributed by atoms with Gasteiger partial charge in [0.25, 0.3) is 0 Å². The van der Waals surface area contributed by atoms with Gasteiger partial charge in [-0.1, -0.05) is 26.0 Å². The maximum absolute atomic E-state index is 11.7. The molecule has 1 aromatic heterocycles. The van der Waals surface area contributed by atoms with E-state index < -0.39 is 0 Å². The predicted molar refractivity (Wildman–Crippen MR) is 83.4 cm³/mol. The van der Waals surface area contributed by atoms with E-state index in [1.54, 1.807) is 18.5 Å². The molecule has 1 N–H and O–H groups in total. The number of nitrogens with zero attached hydrogens (tertiary/aromatic N) is 2. The van der Waals surface area contributed by atoms with Gasteiger partial charge in [-0.05, 0) is 17.7 Å². The van der Waals surface area contributed by atoms with Crippen LogP contribution in [0.5, 0.6) is 5.75 Å². The summed E-state index contributed by atoms with van der Waals surface area (Å²) in [5.74, 6) is 1.52. The van der Waals surface area contributed by atoms with Gasteiger partial charge in [0, 0.05) is 24.7 Å². The lowest BCUT2D eigenvalue weighted by molar-refractivity contribution is -0.124. The zero-order chi connectivity index (χ0) is 15.5. The Morgan fingerprint density at radius 3 is 2.82 bits per heavy atom. The molecule has 0 radical (unpaired) electrons. The number of amides is 1. The second-order valence-electron chi connectivity index (χ2n) is 5.71. The number of para-hydroxylation sites is 1. The highest BCUT2D eigenvalue weighted by molar-refractivity contribution is 5.77. The van der Waals surface area contributed by atoms with E-state index in [0.29, 0.717) is 12.4 Å². The molecule has 0 saturated heterocycles. The highest BCUT2D eigenvalue weighted by Gasteiger charge is 2.26. The van der Waals surface area contributed by atoms with Crippen LogP contribution in [0.3, 0.4) is 0 Å². The molecule has 0 bridgehead atoms. The molecule has 0 unspecified atom stereocenters. The van der Waals surface area contributed by atoms with Crippen molar-refractivity contribution >= 4 is 5.91 Å². The van der Waals surface area contributed by atoms with E-state index in [-0.39, 0.29) is 17.9 Å². The van der Waals surface area contributed by atoms with Crippen LogP contribution < -0.4 is 10.1 Å². The molecule has 1 aliphatic rings. The molecule has 5 heteroatoms. The van der Waals surface area contributed by atoms with Crippen molar-refractivity contribution in [2.24, 2.45) is 5.92 Å². The summed E-state index contributed by atoms with van der Waals surface area (Å²) in [7, 11) is 0. The van der Waals surface area contributed by atoms with Crippen molar-refractivity contribution < 1.29 is 9.53 Å². The Morgan fingerprint density at radius 2 is 2.09 bits per heavy atom. The Labute approximate surface area is 129 Å². The molecular weight excluding hydrogens is 278 g/mol. The highest BCUT2D eigenvalue weighted by Crippen LogP contribution is 2.37. The smallest absolute Gasteiger partial charge is 0.222 e. The molecule has 1 atom stereocenters. The number of ether oxygens (including phenoxy) is 1. The monoisotopic (exact) mass is 297 g/mol. The lowest BCUT2D eigenvalue weighted by atomic mass is 10.1. The SMILES string of the molecule is CC(C)C(=O)NC[C@H]1Cc2cccc(-c3ncccn3)c2O1. The summed E-state index contributed by atoms with van der Waals surface area (Å²) in [6.45, 7) is 4.27. The quantitative estimate of drug-likeness (QED) is 0.940. The van der Waals surface area contributed by atoms with Crippen LogP contribution in [-0.2, 0) is 11.2 Å². The number of hydrogen-bond donors (Lipinski definition) is 1. The summed E-state index contributed by atoms with van der Waals surface area (Å²) in [4.78, 5) is 20.3. The Hall–Kier alpha value is -2.43. The lowest BCUT2D eigenvalue weighted by Crippen LogP contribution is -2.36. The van der Waals surface area contributed by atoms with Gasteiger partial charge < -0.3 is 10.1 Å². The fraction of sp³-hybridized carbons (Fsp3) is 0.353. The van der Waals surface area contributed by atoms with Crippen LogP contribution in [0, 0.1) is 5.92 Å². The van der Waals surface area contributed by atoms with E-state index in [4.69, 9.17) is 4.74 Å². The maximum atomic E-state index is 11.7. The topological polar surface area (TPSA) is 64.1 Å². The van der Waals surface area contributed by atoms with Gasteiger partial charge in [-0.15, -0.1) is 0 Å². The fourth-order valence-corrected chi connectivity index (χ4v) is 2.49. The van der Waals surface area contributed by atoms with Gasteiger partial charge in [0.05, 0.1) is 12.1 Å². The Balaban J connectivity index is 1.75. The molecular formula is C17H19N3O2. The van der Waals surface area contributed by atoms with Gasteiger partial charge in [0.2, 0.25) is 5.91 Å². The minimum Gasteiger partial charge on any atom is -0.487 e. The van der Waals surface area contributed by atoms with E-state index in [1.807, 2.05) is 32.0 Å². The Bertz CT molecular complexity index is 671. The molecule has 0 fully saturated rings. The van der Waals surface area contributed by atoms with Gasteiger partial charge >= 0.3 is 0 Å². The third-order valence-corrected chi connectivity index (χ3v) is 3.66. The summed E-state index contributed by atoms with van der Waals surface area (Å²) < 4.78 is 6.03. The third-order valence-electron chi connectivity index (χ3n) is 3.66. The van der Waals surface area contributed by atoms with Crippen LogP contribution in [0.15, 0.2) is 36.7 Å². The third kappa shape index (κ3) is 2.93. The molecule has 0 aliphatic carbocycles. The first-order valence-electron chi connectivity index (χ1n) is 7.49. The number of carbonyl (C=O) groups is 1. The number of hydrogen-bond acceptors (Lipinski definition) is 4. The van der Waals surface area contributed by atoms with Crippen LogP contribution in [-0.4, -0.2) is 28.5 Å². The molecule has 114 valence electrons. The first-order chi connectivity index (χ1) is 10.6. The Kier molecular flexibility index (Phi) is 4.04. The van der Waals surface area contributed by atoms with Crippen molar-refractivity contribution in [1.82, 2.24) is 15.3 Å². The number of fused-ring (bicyclic) bond motifs is 1. The van der Waals surface area contributed by atoms with Crippen molar-refractivity contribution in [2.75, 3.05) is 6.54 Å². The second-order valence-corrected chi connectivity index (χ2v) is 5.71. The van der Waals surface area contributed by atoms with Gasteiger partial charge in [0.1, 0.15) is 11.9 Å². The molecule has 2 heterocycles. The van der Waals surface area contributed by atoms with Crippen molar-refractivity contribution in [2.45, 2.75) is 26.4 Å². The zero-order valence-electron chi connectivity index (χ0n) is 12.7. The summed E-state index contributed by atoms with van der Waals surface area (Å²) in [6.07, 6.45) is 4.19. The van der Waals surface area contributed by atoms with Crippen molar-refractivity contribution in [3.05, 3.63) is 42.2 Å².